The van der Waals surface area contributed by atoms with Gasteiger partial charge in [-0.1, -0.05) is 55.7 Å². The number of rotatable bonds is 7. The van der Waals surface area contributed by atoms with Gasteiger partial charge in [-0.3, -0.25) is 0 Å². The lowest BCUT2D eigenvalue weighted by Crippen LogP contribution is -2.36. The quantitative estimate of drug-likeness (QED) is 0.678. The lowest BCUT2D eigenvalue weighted by molar-refractivity contribution is 0.272. The highest BCUT2D eigenvalue weighted by atomic mass is 32.2. The van der Waals surface area contributed by atoms with Crippen LogP contribution in [-0.4, -0.2) is 38.5 Å². The van der Waals surface area contributed by atoms with E-state index in [2.05, 4.69) is 40.8 Å². The van der Waals surface area contributed by atoms with Gasteiger partial charge in [0.15, 0.2) is 0 Å². The Morgan fingerprint density at radius 2 is 1.50 bits per heavy atom. The first-order chi connectivity index (χ1) is 14.5. The minimum absolute atomic E-state index is 0.0829. The monoisotopic (exact) mass is 426 g/mol. The van der Waals surface area contributed by atoms with Crippen molar-refractivity contribution < 1.29 is 8.42 Å². The molecule has 1 aliphatic carbocycles. The van der Waals surface area contributed by atoms with Crippen LogP contribution in [0.1, 0.15) is 57.4 Å². The molecule has 1 saturated carbocycles. The van der Waals surface area contributed by atoms with Crippen LogP contribution < -0.4 is 4.72 Å². The molecule has 162 valence electrons. The third-order valence-electron chi connectivity index (χ3n) is 6.76. The van der Waals surface area contributed by atoms with Crippen LogP contribution in [0.25, 0.3) is 11.1 Å². The van der Waals surface area contributed by atoms with E-state index >= 15 is 0 Å². The Morgan fingerprint density at radius 3 is 2.10 bits per heavy atom. The van der Waals surface area contributed by atoms with E-state index < -0.39 is 10.0 Å². The molecule has 5 heteroatoms. The van der Waals surface area contributed by atoms with Gasteiger partial charge in [-0.2, -0.15) is 0 Å². The van der Waals surface area contributed by atoms with Crippen LogP contribution in [0.4, 0.5) is 0 Å². The Hall–Kier alpha value is -1.69. The second kappa shape index (κ2) is 9.63. The van der Waals surface area contributed by atoms with Crippen molar-refractivity contribution in [2.45, 2.75) is 75.3 Å². The summed E-state index contributed by atoms with van der Waals surface area (Å²) in [6, 6.07) is 16.8. The highest BCUT2D eigenvalue weighted by Gasteiger charge is 2.22. The molecule has 2 fully saturated rings. The fraction of sp³-hybridized carbons (Fsp3) is 0.520. The van der Waals surface area contributed by atoms with Crippen molar-refractivity contribution in [2.75, 3.05) is 13.1 Å². The van der Waals surface area contributed by atoms with E-state index in [1.807, 2.05) is 12.1 Å². The highest BCUT2D eigenvalue weighted by Crippen LogP contribution is 2.24. The zero-order valence-corrected chi connectivity index (χ0v) is 18.8. The van der Waals surface area contributed by atoms with E-state index in [9.17, 15) is 8.42 Å². The van der Waals surface area contributed by atoms with Crippen LogP contribution in [0, 0.1) is 0 Å². The molecule has 1 saturated heterocycles. The van der Waals surface area contributed by atoms with Gasteiger partial charge in [-0.05, 0) is 74.4 Å². The topological polar surface area (TPSA) is 49.4 Å². The first-order valence-corrected chi connectivity index (χ1v) is 13.0. The van der Waals surface area contributed by atoms with Crippen molar-refractivity contribution in [3.63, 3.8) is 0 Å². The highest BCUT2D eigenvalue weighted by molar-refractivity contribution is 7.89. The fourth-order valence-electron chi connectivity index (χ4n) is 4.80. The molecule has 1 atom stereocenters. The van der Waals surface area contributed by atoms with Gasteiger partial charge in [-0.25, -0.2) is 13.1 Å². The molecule has 0 spiro atoms. The zero-order valence-electron chi connectivity index (χ0n) is 18.0. The van der Waals surface area contributed by atoms with E-state index in [0.29, 0.717) is 10.9 Å². The van der Waals surface area contributed by atoms with Gasteiger partial charge < -0.3 is 4.90 Å². The molecule has 30 heavy (non-hydrogen) atoms. The second-order valence-electron chi connectivity index (χ2n) is 8.95. The summed E-state index contributed by atoms with van der Waals surface area (Å²) in [5.74, 6) is 0. The Bertz CT molecular complexity index is 917. The number of nitrogens with zero attached hydrogens (tertiary/aromatic N) is 1. The second-order valence-corrected chi connectivity index (χ2v) is 10.7. The molecule has 2 aliphatic rings. The van der Waals surface area contributed by atoms with Crippen LogP contribution in [0.15, 0.2) is 53.4 Å². The number of hydrogen-bond acceptors (Lipinski definition) is 3. The van der Waals surface area contributed by atoms with Gasteiger partial charge in [0, 0.05) is 18.6 Å². The van der Waals surface area contributed by atoms with E-state index in [1.54, 1.807) is 12.1 Å². The van der Waals surface area contributed by atoms with Gasteiger partial charge in [-0.15, -0.1) is 0 Å². The molecule has 1 aliphatic heterocycles. The zero-order chi connectivity index (χ0) is 21.0. The molecule has 4 nitrogen and oxygen atoms in total. The van der Waals surface area contributed by atoms with Gasteiger partial charge in [0.2, 0.25) is 10.0 Å². The molecule has 0 aromatic heterocycles. The molecule has 0 amide bonds. The normalized spacial score (nSPS) is 21.2. The van der Waals surface area contributed by atoms with Gasteiger partial charge in [0.25, 0.3) is 0 Å². The SMILES string of the molecule is CC1CCCN1CCc1ccc(-c2ccc(S(=O)(=O)NC3CCCCC3)cc2)cc1. The van der Waals surface area contributed by atoms with Crippen molar-refractivity contribution in [3.8, 4) is 11.1 Å². The van der Waals surface area contributed by atoms with Crippen molar-refractivity contribution >= 4 is 10.0 Å². The molecular formula is C25H34N2O2S. The molecule has 0 radical (unpaired) electrons. The maximum Gasteiger partial charge on any atom is 0.240 e. The van der Waals surface area contributed by atoms with Crippen LogP contribution in [-0.2, 0) is 16.4 Å². The van der Waals surface area contributed by atoms with Gasteiger partial charge >= 0.3 is 0 Å². The number of nitrogens with one attached hydrogen (secondary N) is 1. The summed E-state index contributed by atoms with van der Waals surface area (Å²) in [5.41, 5.74) is 3.53. The first-order valence-electron chi connectivity index (χ1n) is 11.5. The molecular weight excluding hydrogens is 392 g/mol. The van der Waals surface area contributed by atoms with Crippen molar-refractivity contribution in [3.05, 3.63) is 54.1 Å². The van der Waals surface area contributed by atoms with Crippen molar-refractivity contribution in [2.24, 2.45) is 0 Å². The fourth-order valence-corrected chi connectivity index (χ4v) is 6.10. The molecule has 1 N–H and O–H groups in total. The third kappa shape index (κ3) is 5.32. The number of likely N-dealkylation sites (tertiary alicyclic amines) is 1. The van der Waals surface area contributed by atoms with Crippen LogP contribution in [0.5, 0.6) is 0 Å². The Morgan fingerprint density at radius 1 is 0.867 bits per heavy atom. The molecule has 2 aromatic rings. The summed E-state index contributed by atoms with van der Waals surface area (Å²) in [5, 5.41) is 0. The Kier molecular flexibility index (Phi) is 6.91. The minimum Gasteiger partial charge on any atom is -0.300 e. The van der Waals surface area contributed by atoms with Crippen LogP contribution >= 0.6 is 0 Å². The number of benzene rings is 2. The Balaban J connectivity index is 1.37. The van der Waals surface area contributed by atoms with Crippen LogP contribution in [0.3, 0.4) is 0 Å². The van der Waals surface area contributed by atoms with Crippen molar-refractivity contribution in [1.82, 2.24) is 9.62 Å². The summed E-state index contributed by atoms with van der Waals surface area (Å²) >= 11 is 0. The number of hydrogen-bond donors (Lipinski definition) is 1. The summed E-state index contributed by atoms with van der Waals surface area (Å²) in [7, 11) is -3.44. The Labute approximate surface area is 181 Å². The average Bonchev–Trinajstić information content (AvgIpc) is 3.18. The largest absolute Gasteiger partial charge is 0.300 e. The van der Waals surface area contributed by atoms with E-state index in [0.717, 1.165) is 49.8 Å². The lowest BCUT2D eigenvalue weighted by Gasteiger charge is -2.22. The van der Waals surface area contributed by atoms with E-state index in [1.165, 1.54) is 31.4 Å². The van der Waals surface area contributed by atoms with Crippen molar-refractivity contribution in [1.29, 1.82) is 0 Å². The van der Waals surface area contributed by atoms with E-state index in [4.69, 9.17) is 0 Å². The number of sulfonamides is 1. The molecule has 1 heterocycles. The van der Waals surface area contributed by atoms with Crippen LogP contribution in [0.2, 0.25) is 0 Å². The predicted octanol–water partition coefficient (Wildman–Crippen LogP) is 4.99. The van der Waals surface area contributed by atoms with E-state index in [-0.39, 0.29) is 6.04 Å². The van der Waals surface area contributed by atoms with Gasteiger partial charge in [0.05, 0.1) is 4.90 Å². The average molecular weight is 427 g/mol. The molecule has 1 unspecified atom stereocenters. The first kappa shape index (κ1) is 21.5. The standard InChI is InChI=1S/C25H34N2O2S/c1-20-6-5-18-27(20)19-17-21-9-11-22(12-10-21)23-13-15-25(16-14-23)30(28,29)26-24-7-3-2-4-8-24/h9-16,20,24,26H,2-8,17-19H2,1H3. The summed E-state index contributed by atoms with van der Waals surface area (Å²) in [6.07, 6.45) is 9.04. The van der Waals surface area contributed by atoms with Gasteiger partial charge in [0.1, 0.15) is 0 Å². The molecule has 4 rings (SSSR count). The summed E-state index contributed by atoms with van der Waals surface area (Å²) < 4.78 is 28.3. The lowest BCUT2D eigenvalue weighted by atomic mass is 9.96. The third-order valence-corrected chi connectivity index (χ3v) is 8.29. The molecule has 2 aromatic carbocycles. The minimum atomic E-state index is -3.44. The smallest absolute Gasteiger partial charge is 0.240 e. The maximum atomic E-state index is 12.7. The maximum absolute atomic E-state index is 12.7. The molecule has 0 bridgehead atoms. The summed E-state index contributed by atoms with van der Waals surface area (Å²) in [4.78, 5) is 2.93. The summed E-state index contributed by atoms with van der Waals surface area (Å²) in [6.45, 7) is 4.68. The predicted molar refractivity (Wildman–Crippen MR) is 123 cm³/mol.